The zero-order valence-electron chi connectivity index (χ0n) is 9.46. The molecule has 0 aromatic rings. The van der Waals surface area contributed by atoms with Gasteiger partial charge in [0.05, 0.1) is 6.04 Å². The Morgan fingerprint density at radius 3 is 2.73 bits per heavy atom. The summed E-state index contributed by atoms with van der Waals surface area (Å²) < 4.78 is 0. The molecule has 3 heteroatoms. The van der Waals surface area contributed by atoms with Crippen LogP contribution in [0.25, 0.3) is 0 Å². The molecule has 1 fully saturated rings. The van der Waals surface area contributed by atoms with Crippen molar-refractivity contribution >= 4 is 5.91 Å². The summed E-state index contributed by atoms with van der Waals surface area (Å²) in [5, 5.41) is 3.19. The molecule has 1 saturated heterocycles. The lowest BCUT2D eigenvalue weighted by Crippen LogP contribution is -2.58. The average molecular weight is 208 g/mol. The van der Waals surface area contributed by atoms with Crippen molar-refractivity contribution in [2.45, 2.75) is 38.6 Å². The fourth-order valence-corrected chi connectivity index (χ4v) is 1.78. The highest BCUT2D eigenvalue weighted by Crippen LogP contribution is 2.09. The van der Waals surface area contributed by atoms with Gasteiger partial charge in [0.15, 0.2) is 0 Å². The molecule has 0 aromatic carbocycles. The molecule has 0 bridgehead atoms. The summed E-state index contributed by atoms with van der Waals surface area (Å²) in [5.41, 5.74) is 0. The van der Waals surface area contributed by atoms with Crippen LogP contribution in [0.1, 0.15) is 32.6 Å². The van der Waals surface area contributed by atoms with Gasteiger partial charge in [0.2, 0.25) is 5.91 Å². The minimum atomic E-state index is 0.279. The van der Waals surface area contributed by atoms with E-state index in [0.717, 1.165) is 38.9 Å². The van der Waals surface area contributed by atoms with Crippen molar-refractivity contribution in [3.05, 3.63) is 0 Å². The molecular weight excluding hydrogens is 188 g/mol. The number of nitrogens with one attached hydrogen (secondary N) is 1. The summed E-state index contributed by atoms with van der Waals surface area (Å²) >= 11 is 0. The van der Waals surface area contributed by atoms with E-state index < -0.39 is 0 Å². The zero-order chi connectivity index (χ0) is 11.1. The van der Waals surface area contributed by atoms with Crippen molar-refractivity contribution in [1.29, 1.82) is 0 Å². The number of hydrogen-bond acceptors (Lipinski definition) is 2. The molecule has 1 aliphatic rings. The van der Waals surface area contributed by atoms with Gasteiger partial charge in [-0.05, 0) is 19.8 Å². The van der Waals surface area contributed by atoms with Crippen molar-refractivity contribution in [2.24, 2.45) is 0 Å². The van der Waals surface area contributed by atoms with E-state index in [1.165, 1.54) is 0 Å². The van der Waals surface area contributed by atoms with Gasteiger partial charge in [-0.25, -0.2) is 0 Å². The number of unbranched alkanes of at least 4 members (excludes halogenated alkanes) is 2. The molecule has 3 nitrogen and oxygen atoms in total. The number of nitrogens with zero attached hydrogens (tertiary/aromatic N) is 1. The van der Waals surface area contributed by atoms with Gasteiger partial charge in [0.25, 0.3) is 0 Å². The van der Waals surface area contributed by atoms with Crippen molar-refractivity contribution in [2.75, 3.05) is 19.6 Å². The lowest BCUT2D eigenvalue weighted by molar-refractivity contribution is -0.134. The van der Waals surface area contributed by atoms with Crippen LogP contribution in [0.5, 0.6) is 0 Å². The van der Waals surface area contributed by atoms with Crippen molar-refractivity contribution in [3.63, 3.8) is 0 Å². The SMILES string of the molecule is C#CCCCCC(=O)N(CC)C1CNC1. The summed E-state index contributed by atoms with van der Waals surface area (Å²) in [6.45, 7) is 4.76. The number of rotatable bonds is 6. The van der Waals surface area contributed by atoms with E-state index in [0.29, 0.717) is 12.5 Å². The Morgan fingerprint density at radius 1 is 1.53 bits per heavy atom. The maximum absolute atomic E-state index is 11.8. The van der Waals surface area contributed by atoms with Gasteiger partial charge in [0, 0.05) is 32.5 Å². The van der Waals surface area contributed by atoms with Crippen LogP contribution in [0, 0.1) is 12.3 Å². The first-order valence-corrected chi connectivity index (χ1v) is 5.73. The predicted molar refractivity (Wildman–Crippen MR) is 61.3 cm³/mol. The summed E-state index contributed by atoms with van der Waals surface area (Å²) in [4.78, 5) is 13.8. The summed E-state index contributed by atoms with van der Waals surface area (Å²) in [7, 11) is 0. The van der Waals surface area contributed by atoms with Crippen molar-refractivity contribution in [1.82, 2.24) is 10.2 Å². The van der Waals surface area contributed by atoms with Crippen LogP contribution >= 0.6 is 0 Å². The van der Waals surface area contributed by atoms with E-state index in [4.69, 9.17) is 6.42 Å². The molecule has 0 saturated carbocycles. The second-order valence-electron chi connectivity index (χ2n) is 3.90. The Labute approximate surface area is 92.2 Å². The van der Waals surface area contributed by atoms with Gasteiger partial charge in [-0.15, -0.1) is 12.3 Å². The van der Waals surface area contributed by atoms with Gasteiger partial charge in [-0.2, -0.15) is 0 Å². The standard InChI is InChI=1S/C12H20N2O/c1-3-5-6-7-8-12(15)14(4-2)11-9-13-10-11/h1,11,13H,4-10H2,2H3. The minimum Gasteiger partial charge on any atom is -0.337 e. The highest BCUT2D eigenvalue weighted by molar-refractivity contribution is 5.76. The molecule has 0 atom stereocenters. The van der Waals surface area contributed by atoms with E-state index in [-0.39, 0.29) is 5.91 Å². The van der Waals surface area contributed by atoms with Crippen LogP contribution < -0.4 is 5.32 Å². The molecule has 0 spiro atoms. The van der Waals surface area contributed by atoms with E-state index in [2.05, 4.69) is 11.2 Å². The Balaban J connectivity index is 2.21. The molecule has 0 aliphatic carbocycles. The van der Waals surface area contributed by atoms with Gasteiger partial charge in [-0.1, -0.05) is 0 Å². The van der Waals surface area contributed by atoms with Crippen LogP contribution in [-0.4, -0.2) is 36.5 Å². The Hall–Kier alpha value is -1.01. The number of carbonyl (C=O) groups is 1. The normalized spacial score (nSPS) is 15.5. The number of likely N-dealkylation sites (N-methyl/N-ethyl adjacent to an activating group) is 1. The molecule has 0 radical (unpaired) electrons. The molecule has 0 unspecified atom stereocenters. The van der Waals surface area contributed by atoms with E-state index >= 15 is 0 Å². The fraction of sp³-hybridized carbons (Fsp3) is 0.750. The molecule has 1 heterocycles. The first kappa shape index (κ1) is 12.1. The zero-order valence-corrected chi connectivity index (χ0v) is 9.46. The topological polar surface area (TPSA) is 32.3 Å². The third-order valence-corrected chi connectivity index (χ3v) is 2.82. The van der Waals surface area contributed by atoms with E-state index in [1.54, 1.807) is 0 Å². The van der Waals surface area contributed by atoms with Gasteiger partial charge >= 0.3 is 0 Å². The number of terminal acetylenes is 1. The van der Waals surface area contributed by atoms with Crippen LogP contribution in [0.3, 0.4) is 0 Å². The quantitative estimate of drug-likeness (QED) is 0.522. The number of amides is 1. The highest BCUT2D eigenvalue weighted by Gasteiger charge is 2.26. The van der Waals surface area contributed by atoms with Crippen LogP contribution in [0.15, 0.2) is 0 Å². The molecule has 1 N–H and O–H groups in total. The van der Waals surface area contributed by atoms with Gasteiger partial charge < -0.3 is 10.2 Å². The molecule has 1 amide bonds. The van der Waals surface area contributed by atoms with Gasteiger partial charge in [-0.3, -0.25) is 4.79 Å². The van der Waals surface area contributed by atoms with Crippen LogP contribution in [-0.2, 0) is 4.79 Å². The van der Waals surface area contributed by atoms with Crippen LogP contribution in [0.4, 0.5) is 0 Å². The monoisotopic (exact) mass is 208 g/mol. The maximum atomic E-state index is 11.8. The smallest absolute Gasteiger partial charge is 0.222 e. The predicted octanol–water partition coefficient (Wildman–Crippen LogP) is 1.00. The van der Waals surface area contributed by atoms with E-state index in [9.17, 15) is 4.79 Å². The lowest BCUT2D eigenvalue weighted by Gasteiger charge is -2.37. The molecule has 0 aromatic heterocycles. The maximum Gasteiger partial charge on any atom is 0.222 e. The van der Waals surface area contributed by atoms with Crippen LogP contribution in [0.2, 0.25) is 0 Å². The van der Waals surface area contributed by atoms with Gasteiger partial charge in [0.1, 0.15) is 0 Å². The third-order valence-electron chi connectivity index (χ3n) is 2.82. The minimum absolute atomic E-state index is 0.279. The summed E-state index contributed by atoms with van der Waals surface area (Å²) in [5.74, 6) is 2.87. The Morgan fingerprint density at radius 2 is 2.27 bits per heavy atom. The second-order valence-corrected chi connectivity index (χ2v) is 3.90. The molecule has 84 valence electrons. The first-order chi connectivity index (χ1) is 7.29. The second kappa shape index (κ2) is 6.47. The number of carbonyl (C=O) groups excluding carboxylic acids is 1. The average Bonchev–Trinajstić information content (AvgIpc) is 2.17. The van der Waals surface area contributed by atoms with Crippen molar-refractivity contribution < 1.29 is 4.79 Å². The number of hydrogen-bond donors (Lipinski definition) is 1. The third kappa shape index (κ3) is 3.56. The summed E-state index contributed by atoms with van der Waals surface area (Å²) in [6, 6.07) is 0.426. The summed E-state index contributed by atoms with van der Waals surface area (Å²) in [6.07, 6.45) is 8.46. The Kier molecular flexibility index (Phi) is 5.20. The fourth-order valence-electron chi connectivity index (χ4n) is 1.78. The molecule has 1 aliphatic heterocycles. The largest absolute Gasteiger partial charge is 0.337 e. The molecular formula is C12H20N2O. The van der Waals surface area contributed by atoms with E-state index in [1.807, 2.05) is 11.8 Å². The Bertz CT molecular complexity index is 240. The lowest BCUT2D eigenvalue weighted by atomic mass is 10.1. The highest BCUT2D eigenvalue weighted by atomic mass is 16.2. The molecule has 15 heavy (non-hydrogen) atoms. The first-order valence-electron chi connectivity index (χ1n) is 5.73. The van der Waals surface area contributed by atoms with Crippen molar-refractivity contribution in [3.8, 4) is 12.3 Å². The molecule has 1 rings (SSSR count).